The van der Waals surface area contributed by atoms with E-state index in [1.165, 1.54) is 13.0 Å². The van der Waals surface area contributed by atoms with Gasteiger partial charge in [-0.2, -0.15) is 0 Å². The molecule has 0 radical (unpaired) electrons. The molecule has 0 aromatic heterocycles. The summed E-state index contributed by atoms with van der Waals surface area (Å²) >= 11 is 6.11. The van der Waals surface area contributed by atoms with Gasteiger partial charge in [0.05, 0.1) is 0 Å². The van der Waals surface area contributed by atoms with Gasteiger partial charge in [0.15, 0.2) is 0 Å². The molecule has 3 nitrogen and oxygen atoms in total. The Morgan fingerprint density at radius 1 is 1.33 bits per heavy atom. The maximum absolute atomic E-state index is 12.0. The number of carbonyl (C=O) groups is 1. The molecule has 1 heterocycles. The van der Waals surface area contributed by atoms with Crippen LogP contribution in [-0.2, 0) is 11.2 Å². The fourth-order valence-corrected chi connectivity index (χ4v) is 3.10. The first-order valence-electron chi connectivity index (χ1n) is 7.94. The van der Waals surface area contributed by atoms with Crippen LogP contribution in [0, 0.1) is 0 Å². The number of piperidine rings is 1. The van der Waals surface area contributed by atoms with Gasteiger partial charge in [0.1, 0.15) is 0 Å². The van der Waals surface area contributed by atoms with Gasteiger partial charge in [-0.05, 0) is 43.9 Å². The van der Waals surface area contributed by atoms with Crippen molar-refractivity contribution < 1.29 is 4.79 Å². The molecule has 0 saturated carbocycles. The third-order valence-electron chi connectivity index (χ3n) is 4.07. The van der Waals surface area contributed by atoms with E-state index in [2.05, 4.69) is 17.1 Å². The van der Waals surface area contributed by atoms with Crippen molar-refractivity contribution in [2.75, 3.05) is 19.6 Å². The average molecular weight is 309 g/mol. The Kier molecular flexibility index (Phi) is 6.52. The minimum Gasteiger partial charge on any atom is -0.353 e. The fraction of sp³-hybridized carbons (Fsp3) is 0.588. The molecule has 1 aliphatic rings. The first-order valence-corrected chi connectivity index (χ1v) is 8.32. The zero-order chi connectivity index (χ0) is 15.1. The number of nitrogens with zero attached hydrogens (tertiary/aromatic N) is 1. The van der Waals surface area contributed by atoms with Crippen molar-refractivity contribution in [2.24, 2.45) is 0 Å². The van der Waals surface area contributed by atoms with E-state index in [0.717, 1.165) is 36.5 Å². The van der Waals surface area contributed by atoms with Gasteiger partial charge in [-0.15, -0.1) is 0 Å². The molecule has 0 aliphatic carbocycles. The number of benzene rings is 1. The molecule has 0 spiro atoms. The quantitative estimate of drug-likeness (QED) is 0.875. The van der Waals surface area contributed by atoms with Gasteiger partial charge < -0.3 is 10.2 Å². The summed E-state index contributed by atoms with van der Waals surface area (Å²) in [7, 11) is 0. The van der Waals surface area contributed by atoms with Crippen LogP contribution < -0.4 is 5.32 Å². The largest absolute Gasteiger partial charge is 0.353 e. The number of halogens is 1. The van der Waals surface area contributed by atoms with Crippen molar-refractivity contribution in [1.82, 2.24) is 10.2 Å². The van der Waals surface area contributed by atoms with Crippen LogP contribution in [0.4, 0.5) is 0 Å². The SMILES string of the molecule is CCCN1CCC(NC(=O)CCc2ccccc2Cl)CC1. The fourth-order valence-electron chi connectivity index (χ4n) is 2.87. The van der Waals surface area contributed by atoms with Crippen LogP contribution >= 0.6 is 11.6 Å². The summed E-state index contributed by atoms with van der Waals surface area (Å²) < 4.78 is 0. The van der Waals surface area contributed by atoms with Gasteiger partial charge in [0.2, 0.25) is 5.91 Å². The minimum absolute atomic E-state index is 0.142. The van der Waals surface area contributed by atoms with E-state index in [1.807, 2.05) is 24.3 Å². The molecule has 1 aliphatic heterocycles. The highest BCUT2D eigenvalue weighted by atomic mass is 35.5. The highest BCUT2D eigenvalue weighted by Crippen LogP contribution is 2.17. The third kappa shape index (κ3) is 5.33. The first-order chi connectivity index (χ1) is 10.2. The smallest absolute Gasteiger partial charge is 0.220 e. The van der Waals surface area contributed by atoms with Gasteiger partial charge in [0, 0.05) is 30.6 Å². The number of rotatable bonds is 6. The van der Waals surface area contributed by atoms with Crippen molar-refractivity contribution in [2.45, 2.75) is 45.1 Å². The number of nitrogens with one attached hydrogen (secondary N) is 1. The van der Waals surface area contributed by atoms with Crippen LogP contribution in [-0.4, -0.2) is 36.5 Å². The zero-order valence-corrected chi connectivity index (χ0v) is 13.5. The van der Waals surface area contributed by atoms with Gasteiger partial charge in [-0.25, -0.2) is 0 Å². The number of hydrogen-bond acceptors (Lipinski definition) is 2. The lowest BCUT2D eigenvalue weighted by atomic mass is 10.0. The normalized spacial score (nSPS) is 16.9. The molecule has 1 amide bonds. The van der Waals surface area contributed by atoms with Crippen molar-refractivity contribution in [3.05, 3.63) is 34.9 Å². The minimum atomic E-state index is 0.142. The standard InChI is InChI=1S/C17H25ClN2O/c1-2-11-20-12-9-15(10-13-20)19-17(21)8-7-14-5-3-4-6-16(14)18/h3-6,15H,2,7-13H2,1H3,(H,19,21). The topological polar surface area (TPSA) is 32.3 Å². The van der Waals surface area contributed by atoms with Crippen LogP contribution in [0.15, 0.2) is 24.3 Å². The average Bonchev–Trinajstić information content (AvgIpc) is 2.49. The zero-order valence-electron chi connectivity index (χ0n) is 12.8. The monoisotopic (exact) mass is 308 g/mol. The van der Waals surface area contributed by atoms with E-state index in [0.29, 0.717) is 18.9 Å². The second-order valence-corrected chi connectivity index (χ2v) is 6.18. The van der Waals surface area contributed by atoms with Crippen LogP contribution in [0.5, 0.6) is 0 Å². The van der Waals surface area contributed by atoms with Crippen LogP contribution in [0.1, 0.15) is 38.2 Å². The van der Waals surface area contributed by atoms with Gasteiger partial charge >= 0.3 is 0 Å². The lowest BCUT2D eigenvalue weighted by molar-refractivity contribution is -0.122. The number of carbonyl (C=O) groups excluding carboxylic acids is 1. The van der Waals surface area contributed by atoms with E-state index in [-0.39, 0.29) is 5.91 Å². The van der Waals surface area contributed by atoms with E-state index in [1.54, 1.807) is 0 Å². The summed E-state index contributed by atoms with van der Waals surface area (Å²) in [5.41, 5.74) is 1.05. The molecule has 4 heteroatoms. The summed E-state index contributed by atoms with van der Waals surface area (Å²) in [5.74, 6) is 0.142. The molecule has 1 aromatic rings. The number of aryl methyl sites for hydroxylation is 1. The lowest BCUT2D eigenvalue weighted by Gasteiger charge is -2.32. The second-order valence-electron chi connectivity index (χ2n) is 5.77. The van der Waals surface area contributed by atoms with Crippen LogP contribution in [0.2, 0.25) is 5.02 Å². The maximum atomic E-state index is 12.0. The number of hydrogen-bond donors (Lipinski definition) is 1. The highest BCUT2D eigenvalue weighted by molar-refractivity contribution is 6.31. The van der Waals surface area contributed by atoms with E-state index in [4.69, 9.17) is 11.6 Å². The highest BCUT2D eigenvalue weighted by Gasteiger charge is 2.19. The molecule has 2 rings (SSSR count). The van der Waals surface area contributed by atoms with Gasteiger partial charge in [0.25, 0.3) is 0 Å². The summed E-state index contributed by atoms with van der Waals surface area (Å²) in [4.78, 5) is 14.5. The molecule has 0 atom stereocenters. The summed E-state index contributed by atoms with van der Waals surface area (Å²) in [6, 6.07) is 8.08. The molecule has 116 valence electrons. The van der Waals surface area contributed by atoms with E-state index >= 15 is 0 Å². The van der Waals surface area contributed by atoms with Crippen LogP contribution in [0.3, 0.4) is 0 Å². The molecule has 1 saturated heterocycles. The Morgan fingerprint density at radius 3 is 2.71 bits per heavy atom. The lowest BCUT2D eigenvalue weighted by Crippen LogP contribution is -2.44. The van der Waals surface area contributed by atoms with Gasteiger partial charge in [-0.3, -0.25) is 4.79 Å². The van der Waals surface area contributed by atoms with Crippen molar-refractivity contribution in [3.63, 3.8) is 0 Å². The molecule has 0 bridgehead atoms. The predicted octanol–water partition coefficient (Wildman–Crippen LogP) is 3.26. The Bertz CT molecular complexity index is 456. The van der Waals surface area contributed by atoms with Crippen molar-refractivity contribution in [3.8, 4) is 0 Å². The van der Waals surface area contributed by atoms with E-state index in [9.17, 15) is 4.79 Å². The molecule has 0 unspecified atom stereocenters. The molecular formula is C17H25ClN2O. The Balaban J connectivity index is 1.70. The van der Waals surface area contributed by atoms with Crippen molar-refractivity contribution in [1.29, 1.82) is 0 Å². The number of amides is 1. The summed E-state index contributed by atoms with van der Waals surface area (Å²) in [5, 5.41) is 3.91. The van der Waals surface area contributed by atoms with Gasteiger partial charge in [-0.1, -0.05) is 36.7 Å². The Morgan fingerprint density at radius 2 is 2.05 bits per heavy atom. The molecule has 1 aromatic carbocycles. The molecule has 1 N–H and O–H groups in total. The third-order valence-corrected chi connectivity index (χ3v) is 4.44. The second kappa shape index (κ2) is 8.40. The molecule has 1 fully saturated rings. The van der Waals surface area contributed by atoms with Crippen molar-refractivity contribution >= 4 is 17.5 Å². The number of likely N-dealkylation sites (tertiary alicyclic amines) is 1. The van der Waals surface area contributed by atoms with E-state index < -0.39 is 0 Å². The molecule has 21 heavy (non-hydrogen) atoms. The first kappa shape index (κ1) is 16.3. The van der Waals surface area contributed by atoms with Crippen LogP contribution in [0.25, 0.3) is 0 Å². The predicted molar refractivity (Wildman–Crippen MR) is 87.7 cm³/mol. The summed E-state index contributed by atoms with van der Waals surface area (Å²) in [6.07, 6.45) is 4.56. The summed E-state index contributed by atoms with van der Waals surface area (Å²) in [6.45, 7) is 5.59. The maximum Gasteiger partial charge on any atom is 0.220 e. The molecular weight excluding hydrogens is 284 g/mol. The Hall–Kier alpha value is -1.06. The Labute approximate surface area is 132 Å².